The monoisotopic (exact) mass is 640 g/mol. The maximum absolute atomic E-state index is 6.63. The van der Waals surface area contributed by atoms with Crippen LogP contribution in [0.4, 0.5) is 0 Å². The summed E-state index contributed by atoms with van der Waals surface area (Å²) in [5.74, 6) is 1.05. The maximum Gasteiger partial charge on any atom is 0.158 e. The molecule has 5 rings (SSSR count). The second kappa shape index (κ2) is 17.6. The average molecular weight is 641 g/mol. The third kappa shape index (κ3) is 8.82. The highest BCUT2D eigenvalue weighted by atomic mass is 35.5. The molecule has 0 atom stereocenters. The number of benzene rings is 2. The molecule has 1 saturated heterocycles. The number of fused-ring (bicyclic) bond motifs is 1. The van der Waals surface area contributed by atoms with E-state index in [4.69, 9.17) is 11.6 Å². The summed E-state index contributed by atoms with van der Waals surface area (Å²) in [4.78, 5) is 13.5. The first-order valence-corrected chi connectivity index (χ1v) is 16.9. The van der Waals surface area contributed by atoms with E-state index in [0.29, 0.717) is 0 Å². The maximum atomic E-state index is 6.63. The van der Waals surface area contributed by atoms with Crippen molar-refractivity contribution >= 4 is 22.9 Å². The van der Waals surface area contributed by atoms with E-state index >= 15 is 0 Å². The van der Waals surface area contributed by atoms with Crippen molar-refractivity contribution in [2.24, 2.45) is 0 Å². The van der Waals surface area contributed by atoms with Crippen molar-refractivity contribution in [3.8, 4) is 11.3 Å². The summed E-state index contributed by atoms with van der Waals surface area (Å²) >= 11 is 6.63. The number of aryl methyl sites for hydroxylation is 4. The van der Waals surface area contributed by atoms with Crippen LogP contribution >= 0.6 is 11.6 Å². The Bertz CT molecular complexity index is 1630. The fourth-order valence-electron chi connectivity index (χ4n) is 5.63. The molecule has 1 aliphatic heterocycles. The van der Waals surface area contributed by atoms with Gasteiger partial charge >= 0.3 is 0 Å². The second-order valence-electron chi connectivity index (χ2n) is 11.5. The molecule has 2 aromatic carbocycles. The molecule has 2 aromatic heterocycles. The van der Waals surface area contributed by atoms with Crippen molar-refractivity contribution in [1.82, 2.24) is 29.5 Å². The predicted molar refractivity (Wildman–Crippen MR) is 198 cm³/mol. The van der Waals surface area contributed by atoms with E-state index in [2.05, 4.69) is 103 Å². The van der Waals surface area contributed by atoms with Crippen LogP contribution in [0.15, 0.2) is 80.6 Å². The van der Waals surface area contributed by atoms with Gasteiger partial charge in [0.1, 0.15) is 0 Å². The molecule has 0 aliphatic carbocycles. The third-order valence-corrected chi connectivity index (χ3v) is 8.80. The largest absolute Gasteiger partial charge is 0.372 e. The number of piperazine rings is 1. The van der Waals surface area contributed by atoms with Gasteiger partial charge in [0, 0.05) is 61.9 Å². The fraction of sp³-hybridized carbons (Fsp3) is 0.385. The normalized spacial score (nSPS) is 12.5. The van der Waals surface area contributed by atoms with Crippen molar-refractivity contribution in [3.63, 3.8) is 0 Å². The minimum Gasteiger partial charge on any atom is -0.372 e. The smallest absolute Gasteiger partial charge is 0.158 e. The molecule has 246 valence electrons. The molecule has 7 heteroatoms. The number of nitrogens with zero attached hydrogens (tertiary/aromatic N) is 5. The van der Waals surface area contributed by atoms with Crippen LogP contribution in [0.2, 0.25) is 5.02 Å². The van der Waals surface area contributed by atoms with E-state index in [1.165, 1.54) is 22.3 Å². The highest BCUT2D eigenvalue weighted by Gasteiger charge is 2.20. The summed E-state index contributed by atoms with van der Waals surface area (Å²) in [5.41, 5.74) is 11.2. The van der Waals surface area contributed by atoms with Crippen molar-refractivity contribution in [3.05, 3.63) is 119 Å². The van der Waals surface area contributed by atoms with Gasteiger partial charge < -0.3 is 15.1 Å². The molecule has 0 bridgehead atoms. The molecule has 4 aromatic rings. The van der Waals surface area contributed by atoms with E-state index in [0.717, 1.165) is 96.7 Å². The standard InChI is InChI=1S/C19H29N3.C18H18ClN3.C2H6/c1-6-9-20-18(5)22-12-10-21(11-13-22)17(4)19-8-7-15(2)14-16(19)3;1-4-5-6-14-7-8-15(17(19)12(14)2)16-11-21-18-13(3)20-9-10-22(16)18;1-2/h7-8,14,20H,4-6,9-13H2,1-3H3;4,7-11H,1,5-6H2,2-3H3;1-2H3. The second-order valence-corrected chi connectivity index (χ2v) is 11.9. The summed E-state index contributed by atoms with van der Waals surface area (Å²) in [6, 6.07) is 10.8. The Balaban J connectivity index is 0.000000238. The first kappa shape index (κ1) is 36.4. The van der Waals surface area contributed by atoms with Crippen LogP contribution in [0, 0.1) is 27.7 Å². The SMILES string of the molecule is C=C(NCCC)N1CCN(C(=C)c2ccc(C)cc2C)CC1.C=CCCc1ccc(-c2cnc3c(C)nccn23)c(Cl)c1C.CC. The van der Waals surface area contributed by atoms with E-state index in [9.17, 15) is 0 Å². The van der Waals surface area contributed by atoms with Crippen LogP contribution in [0.25, 0.3) is 22.6 Å². The summed E-state index contributed by atoms with van der Waals surface area (Å²) < 4.78 is 2.03. The molecule has 1 N–H and O–H groups in total. The van der Waals surface area contributed by atoms with Crippen LogP contribution in [0.3, 0.4) is 0 Å². The number of aromatic nitrogens is 3. The molecular weight excluding hydrogens is 588 g/mol. The zero-order valence-corrected chi connectivity index (χ0v) is 29.8. The van der Waals surface area contributed by atoms with Crippen LogP contribution in [-0.4, -0.2) is 56.9 Å². The fourth-order valence-corrected chi connectivity index (χ4v) is 5.92. The highest BCUT2D eigenvalue weighted by Crippen LogP contribution is 2.33. The Morgan fingerprint density at radius 2 is 1.67 bits per heavy atom. The van der Waals surface area contributed by atoms with E-state index in [-0.39, 0.29) is 0 Å². The van der Waals surface area contributed by atoms with Crippen LogP contribution < -0.4 is 5.32 Å². The number of rotatable bonds is 10. The summed E-state index contributed by atoms with van der Waals surface area (Å²) in [6.07, 6.45) is 10.5. The van der Waals surface area contributed by atoms with Gasteiger partial charge in [-0.3, -0.25) is 9.38 Å². The predicted octanol–water partition coefficient (Wildman–Crippen LogP) is 9.17. The number of hydrogen-bond donors (Lipinski definition) is 1. The van der Waals surface area contributed by atoms with Gasteiger partial charge in [0.15, 0.2) is 5.65 Å². The minimum atomic E-state index is 0.790. The number of halogens is 1. The Labute approximate surface area is 282 Å². The van der Waals surface area contributed by atoms with Gasteiger partial charge in [-0.05, 0) is 63.6 Å². The topological polar surface area (TPSA) is 48.7 Å². The lowest BCUT2D eigenvalue weighted by atomic mass is 10.00. The Morgan fingerprint density at radius 3 is 2.33 bits per heavy atom. The van der Waals surface area contributed by atoms with Gasteiger partial charge in [-0.1, -0.05) is 87.5 Å². The van der Waals surface area contributed by atoms with Crippen molar-refractivity contribution in [1.29, 1.82) is 0 Å². The third-order valence-electron chi connectivity index (χ3n) is 8.31. The van der Waals surface area contributed by atoms with E-state index in [1.54, 1.807) is 6.20 Å². The quantitative estimate of drug-likeness (QED) is 0.175. The molecule has 0 amide bonds. The molecule has 1 aliphatic rings. The summed E-state index contributed by atoms with van der Waals surface area (Å²) in [7, 11) is 0. The molecule has 46 heavy (non-hydrogen) atoms. The first-order chi connectivity index (χ1) is 22.2. The molecule has 0 unspecified atom stereocenters. The van der Waals surface area contributed by atoms with Crippen molar-refractivity contribution in [2.75, 3.05) is 32.7 Å². The lowest BCUT2D eigenvalue weighted by molar-refractivity contribution is 0.204. The van der Waals surface area contributed by atoms with E-state index < -0.39 is 0 Å². The van der Waals surface area contributed by atoms with Gasteiger partial charge in [-0.15, -0.1) is 6.58 Å². The first-order valence-electron chi connectivity index (χ1n) is 16.5. The Kier molecular flexibility index (Phi) is 13.9. The Morgan fingerprint density at radius 1 is 0.978 bits per heavy atom. The average Bonchev–Trinajstić information content (AvgIpc) is 3.50. The molecule has 0 spiro atoms. The zero-order valence-electron chi connectivity index (χ0n) is 29.1. The Hall–Kier alpha value is -4.03. The number of nitrogens with one attached hydrogen (secondary N) is 1. The summed E-state index contributed by atoms with van der Waals surface area (Å²) in [5, 5.41) is 4.17. The van der Waals surface area contributed by atoms with Gasteiger partial charge in [-0.2, -0.15) is 0 Å². The van der Waals surface area contributed by atoms with E-state index in [1.807, 2.05) is 43.6 Å². The minimum absolute atomic E-state index is 0.790. The number of allylic oxidation sites excluding steroid dienone is 1. The molecule has 0 saturated carbocycles. The summed E-state index contributed by atoms with van der Waals surface area (Å²) in [6.45, 7) is 31.7. The molecule has 6 nitrogen and oxygen atoms in total. The van der Waals surface area contributed by atoms with Gasteiger partial charge in [0.05, 0.1) is 28.4 Å². The van der Waals surface area contributed by atoms with Crippen LogP contribution in [0.5, 0.6) is 0 Å². The van der Waals surface area contributed by atoms with Crippen molar-refractivity contribution in [2.45, 2.75) is 67.7 Å². The van der Waals surface area contributed by atoms with Crippen molar-refractivity contribution < 1.29 is 0 Å². The lowest BCUT2D eigenvalue weighted by Crippen LogP contribution is -2.46. The van der Waals surface area contributed by atoms with Crippen LogP contribution in [-0.2, 0) is 6.42 Å². The van der Waals surface area contributed by atoms with Crippen LogP contribution in [0.1, 0.15) is 67.1 Å². The number of hydrogen-bond acceptors (Lipinski definition) is 5. The number of imidazole rings is 1. The highest BCUT2D eigenvalue weighted by molar-refractivity contribution is 6.34. The molecular formula is C39H53ClN6. The van der Waals surface area contributed by atoms with Gasteiger partial charge in [-0.25, -0.2) is 4.98 Å². The lowest BCUT2D eigenvalue weighted by Gasteiger charge is -2.39. The zero-order chi connectivity index (χ0) is 33.8. The molecule has 0 radical (unpaired) electrons. The molecule has 1 fully saturated rings. The molecule has 3 heterocycles. The van der Waals surface area contributed by atoms with Gasteiger partial charge in [0.2, 0.25) is 0 Å². The van der Waals surface area contributed by atoms with Gasteiger partial charge in [0.25, 0.3) is 0 Å².